The number of hydrogen-bond donors (Lipinski definition) is 1. The molecule has 0 heterocycles. The lowest BCUT2D eigenvalue weighted by Crippen LogP contribution is -2.25. The van der Waals surface area contributed by atoms with E-state index in [2.05, 4.69) is 5.32 Å². The molecule has 1 amide bonds. The Labute approximate surface area is 140 Å². The van der Waals surface area contributed by atoms with Crippen molar-refractivity contribution in [3.8, 4) is 0 Å². The van der Waals surface area contributed by atoms with Crippen molar-refractivity contribution in [2.24, 2.45) is 0 Å². The molecule has 5 nitrogen and oxygen atoms in total. The number of carbonyl (C=O) groups excluding carboxylic acids is 1. The molecular formula is C16H17ClN2O3S. The third-order valence-corrected chi connectivity index (χ3v) is 5.01. The van der Waals surface area contributed by atoms with Gasteiger partial charge in [0.15, 0.2) is 0 Å². The normalized spacial score (nSPS) is 11.1. The Kier molecular flexibility index (Phi) is 4.97. The number of nitrogens with one attached hydrogen (secondary N) is 1. The number of aryl methyl sites for hydroxylation is 1. The van der Waals surface area contributed by atoms with Gasteiger partial charge in [-0.1, -0.05) is 23.7 Å². The van der Waals surface area contributed by atoms with Crippen LogP contribution in [0.2, 0.25) is 5.02 Å². The van der Waals surface area contributed by atoms with Crippen LogP contribution < -0.4 is 9.62 Å². The molecule has 0 spiro atoms. The van der Waals surface area contributed by atoms with Crippen molar-refractivity contribution in [2.75, 3.05) is 22.9 Å². The molecule has 0 radical (unpaired) electrons. The fourth-order valence-electron chi connectivity index (χ4n) is 1.91. The number of halogens is 1. The molecule has 23 heavy (non-hydrogen) atoms. The molecule has 0 aliphatic heterocycles. The first-order valence-corrected chi connectivity index (χ1v) is 9.02. The number of carbonyl (C=O) groups is 1. The predicted octanol–water partition coefficient (Wildman–Crippen LogP) is 3.30. The molecule has 0 aliphatic rings. The largest absolute Gasteiger partial charge is 0.322 e. The number of hydrogen-bond acceptors (Lipinski definition) is 3. The monoisotopic (exact) mass is 352 g/mol. The molecule has 0 bridgehead atoms. The first kappa shape index (κ1) is 17.3. The maximum atomic E-state index is 12.3. The highest BCUT2D eigenvalue weighted by molar-refractivity contribution is 7.92. The molecule has 2 rings (SSSR count). The zero-order valence-corrected chi connectivity index (χ0v) is 14.6. The Morgan fingerprint density at radius 3 is 2.48 bits per heavy atom. The first-order valence-electron chi connectivity index (χ1n) is 6.80. The minimum absolute atomic E-state index is 0.339. The molecule has 2 aromatic carbocycles. The second-order valence-corrected chi connectivity index (χ2v) is 7.62. The average Bonchev–Trinajstić information content (AvgIpc) is 2.49. The number of sulfonamides is 1. The molecule has 1 N–H and O–H groups in total. The van der Waals surface area contributed by atoms with Crippen molar-refractivity contribution < 1.29 is 13.2 Å². The minimum Gasteiger partial charge on any atom is -0.322 e. The lowest BCUT2D eigenvalue weighted by atomic mass is 10.1. The van der Waals surface area contributed by atoms with E-state index in [0.717, 1.165) is 16.1 Å². The SMILES string of the molecule is Cc1ccc(NC(=O)c2cccc(N(C)S(C)(=O)=O)c2)cc1Cl. The van der Waals surface area contributed by atoms with Gasteiger partial charge in [0.1, 0.15) is 0 Å². The topological polar surface area (TPSA) is 66.5 Å². The molecule has 0 saturated heterocycles. The maximum Gasteiger partial charge on any atom is 0.255 e. The lowest BCUT2D eigenvalue weighted by molar-refractivity contribution is 0.102. The van der Waals surface area contributed by atoms with Crippen molar-refractivity contribution in [1.29, 1.82) is 0 Å². The molecule has 0 aromatic heterocycles. The molecule has 0 saturated carbocycles. The Morgan fingerprint density at radius 2 is 1.87 bits per heavy atom. The Balaban J connectivity index is 2.24. The Morgan fingerprint density at radius 1 is 1.17 bits per heavy atom. The van der Waals surface area contributed by atoms with E-state index in [1.165, 1.54) is 13.1 Å². The quantitative estimate of drug-likeness (QED) is 0.918. The van der Waals surface area contributed by atoms with Crippen LogP contribution >= 0.6 is 11.6 Å². The van der Waals surface area contributed by atoms with Crippen molar-refractivity contribution in [1.82, 2.24) is 0 Å². The molecule has 2 aromatic rings. The van der Waals surface area contributed by atoms with Crippen molar-refractivity contribution in [3.63, 3.8) is 0 Å². The van der Waals surface area contributed by atoms with Crippen LogP contribution in [0.4, 0.5) is 11.4 Å². The molecule has 0 fully saturated rings. The van der Waals surface area contributed by atoms with Gasteiger partial charge in [-0.15, -0.1) is 0 Å². The van der Waals surface area contributed by atoms with Crippen LogP contribution in [0.3, 0.4) is 0 Å². The molecular weight excluding hydrogens is 336 g/mol. The van der Waals surface area contributed by atoms with Gasteiger partial charge in [0.05, 0.1) is 11.9 Å². The van der Waals surface area contributed by atoms with Gasteiger partial charge in [0.2, 0.25) is 10.0 Å². The zero-order valence-electron chi connectivity index (χ0n) is 13.0. The fourth-order valence-corrected chi connectivity index (χ4v) is 2.59. The second-order valence-electron chi connectivity index (χ2n) is 5.20. The summed E-state index contributed by atoms with van der Waals surface area (Å²) in [7, 11) is -1.95. The summed E-state index contributed by atoms with van der Waals surface area (Å²) in [6.07, 6.45) is 1.11. The van der Waals surface area contributed by atoms with Crippen molar-refractivity contribution >= 4 is 38.9 Å². The highest BCUT2D eigenvalue weighted by atomic mass is 35.5. The summed E-state index contributed by atoms with van der Waals surface area (Å²) < 4.78 is 24.3. The lowest BCUT2D eigenvalue weighted by Gasteiger charge is -2.17. The van der Waals surface area contributed by atoms with E-state index in [-0.39, 0.29) is 5.91 Å². The summed E-state index contributed by atoms with van der Waals surface area (Å²) in [6, 6.07) is 11.6. The molecule has 0 atom stereocenters. The van der Waals surface area contributed by atoms with Crippen molar-refractivity contribution in [3.05, 3.63) is 58.6 Å². The molecule has 0 aliphatic carbocycles. The van der Waals surface area contributed by atoms with E-state index in [1.54, 1.807) is 30.3 Å². The van der Waals surface area contributed by atoms with Gasteiger partial charge < -0.3 is 5.32 Å². The van der Waals surface area contributed by atoms with E-state index in [0.29, 0.717) is 22.0 Å². The summed E-state index contributed by atoms with van der Waals surface area (Å²) in [5.74, 6) is -0.339. The van der Waals surface area contributed by atoms with Gasteiger partial charge in [-0.3, -0.25) is 9.10 Å². The zero-order chi connectivity index (χ0) is 17.2. The van der Waals surface area contributed by atoms with Gasteiger partial charge >= 0.3 is 0 Å². The number of anilines is 2. The third-order valence-electron chi connectivity index (χ3n) is 3.40. The van der Waals surface area contributed by atoms with Gasteiger partial charge in [-0.2, -0.15) is 0 Å². The van der Waals surface area contributed by atoms with Crippen molar-refractivity contribution in [2.45, 2.75) is 6.92 Å². The van der Waals surface area contributed by atoms with Crippen LogP contribution in [0, 0.1) is 6.92 Å². The number of nitrogens with zero attached hydrogens (tertiary/aromatic N) is 1. The smallest absolute Gasteiger partial charge is 0.255 e. The van der Waals surface area contributed by atoms with E-state index in [1.807, 2.05) is 13.0 Å². The van der Waals surface area contributed by atoms with Crippen LogP contribution in [0.5, 0.6) is 0 Å². The van der Waals surface area contributed by atoms with E-state index in [4.69, 9.17) is 11.6 Å². The second kappa shape index (κ2) is 6.60. The molecule has 0 unspecified atom stereocenters. The number of amides is 1. The van der Waals surface area contributed by atoms with Gasteiger partial charge in [-0.05, 0) is 42.8 Å². The Bertz CT molecular complexity index is 850. The van der Waals surface area contributed by atoms with Gasteiger partial charge in [0, 0.05) is 23.3 Å². The predicted molar refractivity (Wildman–Crippen MR) is 93.8 cm³/mol. The number of rotatable bonds is 4. The standard InChI is InChI=1S/C16H17ClN2O3S/c1-11-7-8-13(10-15(11)17)18-16(20)12-5-4-6-14(9-12)19(2)23(3,21)22/h4-10H,1-3H3,(H,18,20). The summed E-state index contributed by atoms with van der Waals surface area (Å²) in [5.41, 5.74) is 2.27. The third kappa shape index (κ3) is 4.24. The van der Waals surface area contributed by atoms with Crippen LogP contribution in [-0.2, 0) is 10.0 Å². The summed E-state index contributed by atoms with van der Waals surface area (Å²) in [6.45, 7) is 1.87. The first-order chi connectivity index (χ1) is 10.7. The van der Waals surface area contributed by atoms with E-state index >= 15 is 0 Å². The minimum atomic E-state index is -3.38. The van der Waals surface area contributed by atoms with Gasteiger partial charge in [0.25, 0.3) is 5.91 Å². The van der Waals surface area contributed by atoms with E-state index < -0.39 is 10.0 Å². The van der Waals surface area contributed by atoms with Crippen LogP contribution in [0.15, 0.2) is 42.5 Å². The Hall–Kier alpha value is -2.05. The summed E-state index contributed by atoms with van der Waals surface area (Å²) >= 11 is 6.04. The highest BCUT2D eigenvalue weighted by Gasteiger charge is 2.14. The molecule has 7 heteroatoms. The highest BCUT2D eigenvalue weighted by Crippen LogP contribution is 2.22. The fraction of sp³-hybridized carbons (Fsp3) is 0.188. The van der Waals surface area contributed by atoms with Crippen LogP contribution in [0.1, 0.15) is 15.9 Å². The average molecular weight is 353 g/mol. The molecule has 122 valence electrons. The van der Waals surface area contributed by atoms with Crippen LogP contribution in [0.25, 0.3) is 0 Å². The van der Waals surface area contributed by atoms with Gasteiger partial charge in [-0.25, -0.2) is 8.42 Å². The summed E-state index contributed by atoms with van der Waals surface area (Å²) in [4.78, 5) is 12.3. The summed E-state index contributed by atoms with van der Waals surface area (Å²) in [5, 5.41) is 3.30. The van der Waals surface area contributed by atoms with E-state index in [9.17, 15) is 13.2 Å². The number of benzene rings is 2. The van der Waals surface area contributed by atoms with Crippen LogP contribution in [-0.4, -0.2) is 27.6 Å². The maximum absolute atomic E-state index is 12.3.